The molecule has 1 saturated carbocycles. The van der Waals surface area contributed by atoms with Gasteiger partial charge in [0.2, 0.25) is 5.91 Å². The van der Waals surface area contributed by atoms with Gasteiger partial charge in [0.25, 0.3) is 0 Å². The van der Waals surface area contributed by atoms with Crippen LogP contribution in [0.3, 0.4) is 0 Å². The van der Waals surface area contributed by atoms with Gasteiger partial charge in [0.15, 0.2) is 0 Å². The first kappa shape index (κ1) is 13.6. The Morgan fingerprint density at radius 2 is 2.32 bits per heavy atom. The van der Waals surface area contributed by atoms with Gasteiger partial charge in [0, 0.05) is 0 Å². The van der Waals surface area contributed by atoms with Crippen molar-refractivity contribution in [3.63, 3.8) is 0 Å². The van der Waals surface area contributed by atoms with E-state index in [0.29, 0.717) is 6.54 Å². The average Bonchev–Trinajstić information content (AvgIpc) is 3.00. The van der Waals surface area contributed by atoms with Gasteiger partial charge in [0.1, 0.15) is 11.3 Å². The molecule has 1 aliphatic rings. The van der Waals surface area contributed by atoms with Gasteiger partial charge < -0.3 is 9.73 Å². The second kappa shape index (κ2) is 5.89. The van der Waals surface area contributed by atoms with Crippen molar-refractivity contribution in [3.05, 3.63) is 24.2 Å². The van der Waals surface area contributed by atoms with Crippen molar-refractivity contribution in [2.45, 2.75) is 37.8 Å². The summed E-state index contributed by atoms with van der Waals surface area (Å²) in [6.45, 7) is 0.851. The molecule has 1 aliphatic carbocycles. The SMILES string of the molecule is CN(CC(=O)NC1(C#N)CCCC1)Cc1ccco1. The second-order valence-electron chi connectivity index (χ2n) is 5.20. The highest BCUT2D eigenvalue weighted by molar-refractivity contribution is 5.79. The molecule has 1 aromatic rings. The van der Waals surface area contributed by atoms with E-state index in [0.717, 1.165) is 31.4 Å². The molecule has 1 fully saturated rings. The minimum atomic E-state index is -0.636. The normalized spacial score (nSPS) is 17.3. The lowest BCUT2D eigenvalue weighted by Crippen LogP contribution is -2.48. The smallest absolute Gasteiger partial charge is 0.235 e. The van der Waals surface area contributed by atoms with Gasteiger partial charge >= 0.3 is 0 Å². The monoisotopic (exact) mass is 261 g/mol. The number of furan rings is 1. The topological polar surface area (TPSA) is 69.3 Å². The highest BCUT2D eigenvalue weighted by Gasteiger charge is 2.35. The van der Waals surface area contributed by atoms with Crippen LogP contribution in [0.15, 0.2) is 22.8 Å². The van der Waals surface area contributed by atoms with Crippen molar-refractivity contribution in [3.8, 4) is 6.07 Å². The largest absolute Gasteiger partial charge is 0.468 e. The highest BCUT2D eigenvalue weighted by Crippen LogP contribution is 2.28. The average molecular weight is 261 g/mol. The molecule has 0 aromatic carbocycles. The van der Waals surface area contributed by atoms with E-state index in [9.17, 15) is 10.1 Å². The predicted molar refractivity (Wildman–Crippen MR) is 70.0 cm³/mol. The van der Waals surface area contributed by atoms with Crippen LogP contribution in [0.1, 0.15) is 31.4 Å². The lowest BCUT2D eigenvalue weighted by atomic mass is 10.00. The molecule has 1 aromatic heterocycles. The van der Waals surface area contributed by atoms with Crippen LogP contribution in [0.2, 0.25) is 0 Å². The molecule has 0 radical (unpaired) electrons. The summed E-state index contributed by atoms with van der Waals surface area (Å²) >= 11 is 0. The molecule has 102 valence electrons. The number of nitriles is 1. The van der Waals surface area contributed by atoms with Crippen LogP contribution in [-0.2, 0) is 11.3 Å². The molecular weight excluding hydrogens is 242 g/mol. The standard InChI is InChI=1S/C14H19N3O2/c1-17(9-12-5-4-8-19-12)10-13(18)16-14(11-15)6-2-3-7-14/h4-5,8H,2-3,6-7,9-10H2,1H3,(H,16,18). The van der Waals surface area contributed by atoms with E-state index in [4.69, 9.17) is 4.42 Å². The molecule has 19 heavy (non-hydrogen) atoms. The fraction of sp³-hybridized carbons (Fsp3) is 0.571. The predicted octanol–water partition coefficient (Wildman–Crippen LogP) is 1.66. The molecule has 0 spiro atoms. The number of carbonyl (C=O) groups excluding carboxylic acids is 1. The molecule has 5 nitrogen and oxygen atoms in total. The van der Waals surface area contributed by atoms with E-state index in [1.807, 2.05) is 24.1 Å². The van der Waals surface area contributed by atoms with E-state index < -0.39 is 5.54 Å². The lowest BCUT2D eigenvalue weighted by molar-refractivity contribution is -0.123. The number of rotatable bonds is 5. The maximum atomic E-state index is 12.0. The Kier molecular flexibility index (Phi) is 4.23. The van der Waals surface area contributed by atoms with E-state index in [1.54, 1.807) is 6.26 Å². The van der Waals surface area contributed by atoms with Crippen molar-refractivity contribution in [2.75, 3.05) is 13.6 Å². The number of nitrogens with one attached hydrogen (secondary N) is 1. The summed E-state index contributed by atoms with van der Waals surface area (Å²) in [6.07, 6.45) is 5.16. The second-order valence-corrected chi connectivity index (χ2v) is 5.20. The minimum Gasteiger partial charge on any atom is -0.468 e. The van der Waals surface area contributed by atoms with E-state index in [2.05, 4.69) is 11.4 Å². The molecule has 2 rings (SSSR count). The molecule has 5 heteroatoms. The zero-order valence-corrected chi connectivity index (χ0v) is 11.2. The fourth-order valence-electron chi connectivity index (χ4n) is 2.52. The molecule has 0 bridgehead atoms. The zero-order chi connectivity index (χ0) is 13.7. The molecule has 0 aliphatic heterocycles. The van der Waals surface area contributed by atoms with Gasteiger partial charge in [-0.3, -0.25) is 9.69 Å². The highest BCUT2D eigenvalue weighted by atomic mass is 16.3. The first-order valence-corrected chi connectivity index (χ1v) is 6.57. The summed E-state index contributed by atoms with van der Waals surface area (Å²) < 4.78 is 5.23. The van der Waals surface area contributed by atoms with Gasteiger partial charge in [-0.1, -0.05) is 0 Å². The number of hydrogen-bond donors (Lipinski definition) is 1. The van der Waals surface area contributed by atoms with E-state index in [1.165, 1.54) is 0 Å². The van der Waals surface area contributed by atoms with E-state index in [-0.39, 0.29) is 12.5 Å². The maximum absolute atomic E-state index is 12.0. The third kappa shape index (κ3) is 3.58. The van der Waals surface area contributed by atoms with Gasteiger partial charge in [-0.15, -0.1) is 0 Å². The van der Waals surface area contributed by atoms with Crippen molar-refractivity contribution in [2.24, 2.45) is 0 Å². The van der Waals surface area contributed by atoms with Crippen LogP contribution < -0.4 is 5.32 Å². The van der Waals surface area contributed by atoms with Crippen LogP contribution in [0.4, 0.5) is 0 Å². The van der Waals surface area contributed by atoms with Gasteiger partial charge in [0.05, 0.1) is 25.4 Å². The summed E-state index contributed by atoms with van der Waals surface area (Å²) in [7, 11) is 1.86. The number of hydrogen-bond acceptors (Lipinski definition) is 4. The van der Waals surface area contributed by atoms with Crippen LogP contribution >= 0.6 is 0 Å². The molecule has 0 unspecified atom stereocenters. The van der Waals surface area contributed by atoms with E-state index >= 15 is 0 Å². The van der Waals surface area contributed by atoms with Crippen molar-refractivity contribution >= 4 is 5.91 Å². The Bertz CT molecular complexity index is 456. The molecule has 0 atom stereocenters. The third-order valence-electron chi connectivity index (χ3n) is 3.47. The Morgan fingerprint density at radius 3 is 2.89 bits per heavy atom. The van der Waals surface area contributed by atoms with Crippen LogP contribution in [0.25, 0.3) is 0 Å². The quantitative estimate of drug-likeness (QED) is 0.875. The molecule has 1 amide bonds. The summed E-state index contributed by atoms with van der Waals surface area (Å²) in [5.74, 6) is 0.726. The first-order valence-electron chi connectivity index (χ1n) is 6.57. The first-order chi connectivity index (χ1) is 9.13. The Labute approximate surface area is 113 Å². The fourth-order valence-corrected chi connectivity index (χ4v) is 2.52. The molecule has 1 heterocycles. The van der Waals surface area contributed by atoms with Gasteiger partial charge in [-0.05, 0) is 44.9 Å². The summed E-state index contributed by atoms with van der Waals surface area (Å²) in [6, 6.07) is 5.96. The van der Waals surface area contributed by atoms with Crippen LogP contribution in [0.5, 0.6) is 0 Å². The number of carbonyl (C=O) groups is 1. The van der Waals surface area contributed by atoms with Crippen molar-refractivity contribution in [1.29, 1.82) is 5.26 Å². The number of nitrogens with zero attached hydrogens (tertiary/aromatic N) is 2. The van der Waals surface area contributed by atoms with Gasteiger partial charge in [-0.25, -0.2) is 0 Å². The summed E-state index contributed by atoms with van der Waals surface area (Å²) in [5, 5.41) is 12.1. The number of amides is 1. The zero-order valence-electron chi connectivity index (χ0n) is 11.2. The summed E-state index contributed by atoms with van der Waals surface area (Å²) in [4.78, 5) is 13.8. The Morgan fingerprint density at radius 1 is 1.58 bits per heavy atom. The molecule has 0 saturated heterocycles. The molecular formula is C14H19N3O2. The number of likely N-dealkylation sites (N-methyl/N-ethyl adjacent to an activating group) is 1. The maximum Gasteiger partial charge on any atom is 0.235 e. The van der Waals surface area contributed by atoms with Crippen LogP contribution in [0, 0.1) is 11.3 Å². The third-order valence-corrected chi connectivity index (χ3v) is 3.47. The lowest BCUT2D eigenvalue weighted by Gasteiger charge is -2.23. The van der Waals surface area contributed by atoms with Crippen molar-refractivity contribution < 1.29 is 9.21 Å². The molecule has 1 N–H and O–H groups in total. The van der Waals surface area contributed by atoms with Crippen molar-refractivity contribution in [1.82, 2.24) is 10.2 Å². The van der Waals surface area contributed by atoms with Crippen LogP contribution in [-0.4, -0.2) is 29.9 Å². The van der Waals surface area contributed by atoms with Gasteiger partial charge in [-0.2, -0.15) is 5.26 Å². The Hall–Kier alpha value is -1.80. The Balaban J connectivity index is 1.82. The minimum absolute atomic E-state index is 0.0995. The summed E-state index contributed by atoms with van der Waals surface area (Å²) in [5.41, 5.74) is -0.636.